The number of aliphatic carboxylic acids is 1. The molecule has 0 saturated carbocycles. The fraction of sp³-hybridized carbons (Fsp3) is 0.278. The smallest absolute Gasteiger partial charge is 0.303 e. The second kappa shape index (κ2) is 9.70. The van der Waals surface area contributed by atoms with E-state index in [-0.39, 0.29) is 18.6 Å². The Hall–Kier alpha value is -2.16. The predicted octanol–water partition coefficient (Wildman–Crippen LogP) is 4.28. The first kappa shape index (κ1) is 18.8. The summed E-state index contributed by atoms with van der Waals surface area (Å²) in [5.41, 5.74) is 3.73. The van der Waals surface area contributed by atoms with Crippen molar-refractivity contribution in [2.45, 2.75) is 33.1 Å². The highest BCUT2D eigenvalue weighted by Crippen LogP contribution is 2.10. The van der Waals surface area contributed by atoms with Crippen LogP contribution in [0.2, 0.25) is 0 Å². The van der Waals surface area contributed by atoms with Gasteiger partial charge in [0.05, 0.1) is 0 Å². The monoisotopic (exact) mass is 290 g/mol. The van der Waals surface area contributed by atoms with E-state index in [4.69, 9.17) is 5.11 Å². The second-order valence-electron chi connectivity index (χ2n) is 4.70. The number of rotatable bonds is 6. The lowest BCUT2D eigenvalue weighted by atomic mass is 10.0. The van der Waals surface area contributed by atoms with Crippen molar-refractivity contribution in [2.75, 3.05) is 0 Å². The summed E-state index contributed by atoms with van der Waals surface area (Å²) in [5.74, 6) is -0.742. The van der Waals surface area contributed by atoms with Gasteiger partial charge in [-0.3, -0.25) is 9.50 Å². The van der Waals surface area contributed by atoms with Crippen LogP contribution in [0.5, 0.6) is 0 Å². The summed E-state index contributed by atoms with van der Waals surface area (Å²) >= 11 is 0. The number of carboxylic acids is 1. The van der Waals surface area contributed by atoms with Gasteiger partial charge < -0.3 is 5.11 Å². The number of hydrogen-bond acceptors (Lipinski definition) is 1. The Morgan fingerprint density at radius 3 is 1.67 bits per heavy atom. The van der Waals surface area contributed by atoms with Crippen LogP contribution < -0.4 is 0 Å². The highest BCUT2D eigenvalue weighted by molar-refractivity contribution is 5.67. The molecule has 21 heavy (non-hydrogen) atoms. The van der Waals surface area contributed by atoms with E-state index >= 15 is 0 Å². The lowest BCUT2D eigenvalue weighted by Gasteiger charge is -2.04. The van der Waals surface area contributed by atoms with Crippen molar-refractivity contribution in [1.82, 2.24) is 0 Å². The van der Waals surface area contributed by atoms with Gasteiger partial charge in [0.15, 0.2) is 0 Å². The molecule has 0 fully saturated rings. The average molecular weight is 290 g/mol. The summed E-state index contributed by atoms with van der Waals surface area (Å²) in [4.78, 5) is 10.5. The molecule has 0 aliphatic carbocycles. The van der Waals surface area contributed by atoms with Gasteiger partial charge >= 0.3 is 5.97 Å². The second-order valence-corrected chi connectivity index (χ2v) is 4.70. The average Bonchev–Trinajstić information content (AvgIpc) is 2.45. The summed E-state index contributed by atoms with van der Waals surface area (Å²) in [6.45, 7) is 0. The molecule has 0 spiro atoms. The molecule has 3 heteroatoms. The maximum absolute atomic E-state index is 10.5. The minimum absolute atomic E-state index is 0. The number of aryl methyl sites for hydroxylation is 3. The zero-order valence-corrected chi connectivity index (χ0v) is 11.3. The molecule has 2 rings (SSSR count). The number of carbonyl (C=O) groups is 1. The van der Waals surface area contributed by atoms with Crippen LogP contribution in [0.15, 0.2) is 54.6 Å². The minimum atomic E-state index is -0.742. The van der Waals surface area contributed by atoms with Crippen LogP contribution in [0, 0.1) is 0 Å². The van der Waals surface area contributed by atoms with Crippen molar-refractivity contribution in [3.05, 3.63) is 71.3 Å². The summed E-state index contributed by atoms with van der Waals surface area (Å²) < 4.78 is 0. The van der Waals surface area contributed by atoms with Gasteiger partial charge in [-0.2, -0.15) is 0 Å². The van der Waals surface area contributed by atoms with E-state index in [1.165, 1.54) is 11.1 Å². The maximum Gasteiger partial charge on any atom is 0.303 e. The molecule has 0 amide bonds. The number of benzene rings is 2. The van der Waals surface area contributed by atoms with E-state index in [2.05, 4.69) is 36.4 Å². The van der Waals surface area contributed by atoms with Crippen molar-refractivity contribution in [3.63, 3.8) is 0 Å². The Morgan fingerprint density at radius 1 is 0.762 bits per heavy atom. The van der Waals surface area contributed by atoms with Crippen LogP contribution in [-0.4, -0.2) is 11.1 Å². The molecule has 114 valence electrons. The topological polar surface area (TPSA) is 37.3 Å². The largest absolute Gasteiger partial charge is 0.481 e. The minimum Gasteiger partial charge on any atom is -0.481 e. The third-order valence-corrected chi connectivity index (χ3v) is 3.20. The highest BCUT2D eigenvalue weighted by Gasteiger charge is 2.00. The summed E-state index contributed by atoms with van der Waals surface area (Å²) in [5, 5.41) is 8.64. The summed E-state index contributed by atoms with van der Waals surface area (Å²) in [6.07, 6.45) is 2.86. The van der Waals surface area contributed by atoms with Gasteiger partial charge in [0.1, 0.15) is 0 Å². The first-order chi connectivity index (χ1) is 9.24. The molecule has 0 aromatic heterocycles. The number of hydrogen-bond donors (Lipinski definition) is 1. The molecule has 0 bridgehead atoms. The molecule has 2 nitrogen and oxygen atoms in total. The van der Waals surface area contributed by atoms with Gasteiger partial charge in [-0.1, -0.05) is 62.0 Å². The quantitative estimate of drug-likeness (QED) is 0.862. The van der Waals surface area contributed by atoms with Crippen LogP contribution in [0.3, 0.4) is 0 Å². The van der Waals surface area contributed by atoms with E-state index in [9.17, 15) is 4.79 Å². The Morgan fingerprint density at radius 2 is 1.19 bits per heavy atom. The van der Waals surface area contributed by atoms with E-state index in [1.54, 1.807) is 0 Å². The Bertz CT molecular complexity index is 521. The zero-order chi connectivity index (χ0) is 13.5. The molecule has 0 aliphatic heterocycles. The maximum atomic E-state index is 10.5. The van der Waals surface area contributed by atoms with Gasteiger partial charge in [0.25, 0.3) is 0 Å². The standard InChI is InChI=1S/C17H18O2.CH4.FH/c18-17(19)13-12-16-10-8-15(9-11-16)7-6-14-4-2-1-3-5-14;;/h1-5,8-11H,6-7,12-13H2,(H,18,19);1H4;1H. The van der Waals surface area contributed by atoms with Crippen LogP contribution in [0.4, 0.5) is 4.70 Å². The van der Waals surface area contributed by atoms with Gasteiger partial charge in [-0.25, -0.2) is 0 Å². The normalized spacial score (nSPS) is 9.33. The molecule has 0 aliphatic rings. The van der Waals surface area contributed by atoms with E-state index in [0.29, 0.717) is 6.42 Å². The Kier molecular flexibility index (Phi) is 8.70. The third-order valence-electron chi connectivity index (χ3n) is 3.20. The van der Waals surface area contributed by atoms with Crippen molar-refractivity contribution in [2.24, 2.45) is 0 Å². The van der Waals surface area contributed by atoms with Gasteiger partial charge in [-0.15, -0.1) is 0 Å². The van der Waals surface area contributed by atoms with Gasteiger partial charge in [0, 0.05) is 6.42 Å². The first-order valence-corrected chi connectivity index (χ1v) is 6.57. The molecular formula is C18H23FO2. The Labute approximate surface area is 125 Å². The molecule has 0 heterocycles. The van der Waals surface area contributed by atoms with E-state index < -0.39 is 5.97 Å². The van der Waals surface area contributed by atoms with Gasteiger partial charge in [0.2, 0.25) is 0 Å². The molecule has 0 atom stereocenters. The first-order valence-electron chi connectivity index (χ1n) is 6.57. The van der Waals surface area contributed by atoms with Crippen molar-refractivity contribution in [3.8, 4) is 0 Å². The van der Waals surface area contributed by atoms with E-state index in [0.717, 1.165) is 18.4 Å². The third kappa shape index (κ3) is 6.70. The lowest BCUT2D eigenvalue weighted by Crippen LogP contribution is -1.97. The zero-order valence-electron chi connectivity index (χ0n) is 11.3. The summed E-state index contributed by atoms with van der Waals surface area (Å²) in [6, 6.07) is 18.7. The van der Waals surface area contributed by atoms with Crippen LogP contribution >= 0.6 is 0 Å². The SMILES string of the molecule is C.F.O=C(O)CCc1ccc(CCc2ccccc2)cc1. The fourth-order valence-electron chi connectivity index (χ4n) is 2.06. The van der Waals surface area contributed by atoms with Crippen LogP contribution in [-0.2, 0) is 24.1 Å². The molecule has 0 radical (unpaired) electrons. The van der Waals surface area contributed by atoms with Crippen molar-refractivity contribution < 1.29 is 14.6 Å². The lowest BCUT2D eigenvalue weighted by molar-refractivity contribution is -0.136. The van der Waals surface area contributed by atoms with Crippen molar-refractivity contribution in [1.29, 1.82) is 0 Å². The Balaban J connectivity index is 0.00000200. The highest BCUT2D eigenvalue weighted by atomic mass is 19.0. The fourth-order valence-corrected chi connectivity index (χ4v) is 2.06. The predicted molar refractivity (Wildman–Crippen MR) is 85.5 cm³/mol. The van der Waals surface area contributed by atoms with Gasteiger partial charge in [-0.05, 0) is 36.0 Å². The van der Waals surface area contributed by atoms with Crippen LogP contribution in [0.25, 0.3) is 0 Å². The summed E-state index contributed by atoms with van der Waals surface area (Å²) in [7, 11) is 0. The molecule has 2 aromatic rings. The number of carboxylic acid groups (broad SMARTS) is 1. The molecule has 0 unspecified atom stereocenters. The number of halogens is 1. The van der Waals surface area contributed by atoms with E-state index in [1.807, 2.05) is 18.2 Å². The molecule has 1 N–H and O–H groups in total. The molecule has 0 saturated heterocycles. The molecular weight excluding hydrogens is 267 g/mol. The van der Waals surface area contributed by atoms with Crippen molar-refractivity contribution >= 4 is 5.97 Å². The van der Waals surface area contributed by atoms with Crippen LogP contribution in [0.1, 0.15) is 30.5 Å². The molecule has 2 aromatic carbocycles.